The van der Waals surface area contributed by atoms with E-state index in [1.807, 2.05) is 6.07 Å². The molecule has 72 valence electrons. The van der Waals surface area contributed by atoms with E-state index < -0.39 is 0 Å². The van der Waals surface area contributed by atoms with Crippen LogP contribution >= 0.6 is 0 Å². The number of nitrogens with zero attached hydrogens (tertiary/aromatic N) is 1. The number of fused-ring (bicyclic) bond motifs is 1. The molecule has 0 radical (unpaired) electrons. The van der Waals surface area contributed by atoms with Crippen LogP contribution in [0.5, 0.6) is 0 Å². The predicted octanol–water partition coefficient (Wildman–Crippen LogP) is 2.41. The molecule has 1 aliphatic carbocycles. The monoisotopic (exact) mass is 187 g/mol. The highest BCUT2D eigenvalue weighted by Gasteiger charge is 2.22. The fourth-order valence-electron chi connectivity index (χ4n) is 2.10. The maximum atomic E-state index is 5.74. The van der Waals surface area contributed by atoms with Crippen molar-refractivity contribution in [3.63, 3.8) is 0 Å². The minimum absolute atomic E-state index is 0.729. The van der Waals surface area contributed by atoms with Crippen LogP contribution in [-0.2, 0) is 0 Å². The lowest BCUT2D eigenvalue weighted by atomic mass is 9.80. The number of nitrogens with one attached hydrogen (secondary N) is 1. The van der Waals surface area contributed by atoms with Gasteiger partial charge in [0.05, 0.1) is 11.9 Å². The zero-order valence-corrected chi connectivity index (χ0v) is 7.96. The average Bonchev–Trinajstić information content (AvgIpc) is 2.46. The molecule has 1 fully saturated rings. The molecule has 0 spiro atoms. The van der Waals surface area contributed by atoms with Gasteiger partial charge in [-0.15, -0.1) is 0 Å². The lowest BCUT2D eigenvalue weighted by molar-refractivity contribution is 0.422. The molecule has 0 bridgehead atoms. The SMILES string of the molecule is Nc1cnc2[nH]cc(C3CCC3)c2c1. The van der Waals surface area contributed by atoms with Crippen LogP contribution in [0.15, 0.2) is 18.5 Å². The minimum Gasteiger partial charge on any atom is -0.397 e. The Morgan fingerprint density at radius 3 is 3.00 bits per heavy atom. The van der Waals surface area contributed by atoms with Crippen LogP contribution in [0.3, 0.4) is 0 Å². The fraction of sp³-hybridized carbons (Fsp3) is 0.364. The smallest absolute Gasteiger partial charge is 0.137 e. The van der Waals surface area contributed by atoms with Crippen LogP contribution in [0.1, 0.15) is 30.7 Å². The number of nitrogen functional groups attached to an aromatic ring is 1. The van der Waals surface area contributed by atoms with E-state index in [1.54, 1.807) is 6.20 Å². The number of hydrogen-bond donors (Lipinski definition) is 2. The van der Waals surface area contributed by atoms with Gasteiger partial charge in [0.1, 0.15) is 5.65 Å². The summed E-state index contributed by atoms with van der Waals surface area (Å²) in [5.74, 6) is 0.729. The molecule has 1 aliphatic rings. The Bertz CT molecular complexity index is 468. The number of aromatic nitrogens is 2. The summed E-state index contributed by atoms with van der Waals surface area (Å²) in [4.78, 5) is 7.46. The molecular weight excluding hydrogens is 174 g/mol. The van der Waals surface area contributed by atoms with Crippen LogP contribution in [0.2, 0.25) is 0 Å². The van der Waals surface area contributed by atoms with E-state index in [9.17, 15) is 0 Å². The minimum atomic E-state index is 0.729. The van der Waals surface area contributed by atoms with Gasteiger partial charge in [0.25, 0.3) is 0 Å². The molecule has 1 saturated carbocycles. The third-order valence-electron chi connectivity index (χ3n) is 3.13. The topological polar surface area (TPSA) is 54.7 Å². The molecule has 0 unspecified atom stereocenters. The van der Waals surface area contributed by atoms with E-state index in [-0.39, 0.29) is 0 Å². The van der Waals surface area contributed by atoms with Crippen molar-refractivity contribution in [3.05, 3.63) is 24.0 Å². The Kier molecular flexibility index (Phi) is 1.54. The molecule has 2 heterocycles. The molecule has 0 atom stereocenters. The standard InChI is InChI=1S/C11H13N3/c12-8-4-9-10(7-2-1-3-7)6-14-11(9)13-5-8/h4-7H,1-3,12H2,(H,13,14). The zero-order valence-electron chi connectivity index (χ0n) is 7.96. The summed E-state index contributed by atoms with van der Waals surface area (Å²) < 4.78 is 0. The third-order valence-corrected chi connectivity index (χ3v) is 3.13. The summed E-state index contributed by atoms with van der Waals surface area (Å²) in [6.07, 6.45) is 7.75. The molecule has 3 nitrogen and oxygen atoms in total. The first-order valence-electron chi connectivity index (χ1n) is 5.07. The second-order valence-corrected chi connectivity index (χ2v) is 4.04. The molecule has 2 aromatic heterocycles. The summed E-state index contributed by atoms with van der Waals surface area (Å²) in [5, 5.41) is 1.20. The highest BCUT2D eigenvalue weighted by molar-refractivity contribution is 5.83. The molecule has 0 saturated heterocycles. The number of pyridine rings is 1. The van der Waals surface area contributed by atoms with E-state index >= 15 is 0 Å². The normalized spacial score (nSPS) is 17.1. The number of anilines is 1. The van der Waals surface area contributed by atoms with Crippen molar-refractivity contribution in [1.82, 2.24) is 9.97 Å². The largest absolute Gasteiger partial charge is 0.397 e. The Labute approximate surface area is 82.3 Å². The summed E-state index contributed by atoms with van der Waals surface area (Å²) >= 11 is 0. The van der Waals surface area contributed by atoms with Gasteiger partial charge >= 0.3 is 0 Å². The van der Waals surface area contributed by atoms with Gasteiger partial charge in [-0.1, -0.05) is 6.42 Å². The van der Waals surface area contributed by atoms with E-state index in [4.69, 9.17) is 5.73 Å². The van der Waals surface area contributed by atoms with Gasteiger partial charge in [0, 0.05) is 11.6 Å². The van der Waals surface area contributed by atoms with Crippen molar-refractivity contribution in [2.75, 3.05) is 5.73 Å². The van der Waals surface area contributed by atoms with Crippen LogP contribution in [-0.4, -0.2) is 9.97 Å². The lowest BCUT2D eigenvalue weighted by Gasteiger charge is -2.24. The Morgan fingerprint density at radius 1 is 1.43 bits per heavy atom. The molecule has 3 N–H and O–H groups in total. The maximum Gasteiger partial charge on any atom is 0.137 e. The van der Waals surface area contributed by atoms with Gasteiger partial charge in [-0.3, -0.25) is 0 Å². The fourth-order valence-corrected chi connectivity index (χ4v) is 2.10. The first-order chi connectivity index (χ1) is 6.84. The highest BCUT2D eigenvalue weighted by Crippen LogP contribution is 2.39. The van der Waals surface area contributed by atoms with Crippen LogP contribution < -0.4 is 5.73 Å². The van der Waals surface area contributed by atoms with Crippen LogP contribution in [0, 0.1) is 0 Å². The van der Waals surface area contributed by atoms with Crippen molar-refractivity contribution in [3.8, 4) is 0 Å². The lowest BCUT2D eigenvalue weighted by Crippen LogP contribution is -2.07. The molecule has 0 amide bonds. The van der Waals surface area contributed by atoms with E-state index in [0.717, 1.165) is 17.3 Å². The van der Waals surface area contributed by atoms with Crippen molar-refractivity contribution in [2.24, 2.45) is 0 Å². The van der Waals surface area contributed by atoms with Gasteiger partial charge in [0.2, 0.25) is 0 Å². The molecule has 2 aromatic rings. The molecule has 3 heteroatoms. The molecular formula is C11H13N3. The van der Waals surface area contributed by atoms with Crippen LogP contribution in [0.25, 0.3) is 11.0 Å². The van der Waals surface area contributed by atoms with Crippen LogP contribution in [0.4, 0.5) is 5.69 Å². The van der Waals surface area contributed by atoms with Crippen molar-refractivity contribution < 1.29 is 0 Å². The van der Waals surface area contributed by atoms with Gasteiger partial charge in [-0.25, -0.2) is 4.98 Å². The second-order valence-electron chi connectivity index (χ2n) is 4.04. The van der Waals surface area contributed by atoms with Crippen molar-refractivity contribution >= 4 is 16.7 Å². The number of rotatable bonds is 1. The van der Waals surface area contributed by atoms with Crippen molar-refractivity contribution in [2.45, 2.75) is 25.2 Å². The molecule has 0 aromatic carbocycles. The van der Waals surface area contributed by atoms with Gasteiger partial charge in [0.15, 0.2) is 0 Å². The highest BCUT2D eigenvalue weighted by atomic mass is 14.8. The Morgan fingerprint density at radius 2 is 2.29 bits per heavy atom. The third kappa shape index (κ3) is 1.02. The molecule has 3 rings (SSSR count). The summed E-state index contributed by atoms with van der Waals surface area (Å²) in [6, 6.07) is 2.02. The number of hydrogen-bond acceptors (Lipinski definition) is 2. The first kappa shape index (κ1) is 7.85. The summed E-state index contributed by atoms with van der Waals surface area (Å²) in [5.41, 5.74) is 8.84. The van der Waals surface area contributed by atoms with E-state index in [2.05, 4.69) is 16.2 Å². The predicted molar refractivity (Wildman–Crippen MR) is 57.1 cm³/mol. The number of H-pyrrole nitrogens is 1. The van der Waals surface area contributed by atoms with Gasteiger partial charge < -0.3 is 10.7 Å². The average molecular weight is 187 g/mol. The first-order valence-corrected chi connectivity index (χ1v) is 5.07. The Hall–Kier alpha value is -1.51. The molecule has 0 aliphatic heterocycles. The maximum absolute atomic E-state index is 5.74. The quantitative estimate of drug-likeness (QED) is 0.720. The van der Waals surface area contributed by atoms with Gasteiger partial charge in [-0.05, 0) is 30.4 Å². The van der Waals surface area contributed by atoms with E-state index in [1.165, 1.54) is 30.2 Å². The Balaban J connectivity index is 2.18. The van der Waals surface area contributed by atoms with Crippen molar-refractivity contribution in [1.29, 1.82) is 0 Å². The molecule has 14 heavy (non-hydrogen) atoms. The van der Waals surface area contributed by atoms with E-state index in [0.29, 0.717) is 0 Å². The zero-order chi connectivity index (χ0) is 9.54. The van der Waals surface area contributed by atoms with Gasteiger partial charge in [-0.2, -0.15) is 0 Å². The summed E-state index contributed by atoms with van der Waals surface area (Å²) in [6.45, 7) is 0. The second kappa shape index (κ2) is 2.74. The number of aromatic amines is 1. The summed E-state index contributed by atoms with van der Waals surface area (Å²) in [7, 11) is 0. The number of nitrogens with two attached hydrogens (primary N) is 1.